The molecular weight excluding hydrogens is 204 g/mol. The molecule has 0 heterocycles. The third-order valence-electron chi connectivity index (χ3n) is 2.07. The first-order valence-corrected chi connectivity index (χ1v) is 4.44. The zero-order valence-electron chi connectivity index (χ0n) is 8.28. The maximum atomic E-state index is 12.2. The van der Waals surface area contributed by atoms with E-state index < -0.39 is 12.5 Å². The second-order valence-electron chi connectivity index (χ2n) is 3.20. The van der Waals surface area contributed by atoms with E-state index in [1.54, 1.807) is 6.07 Å². The molecule has 1 rings (SSSR count). The number of rotatable bonds is 4. The zero-order valence-corrected chi connectivity index (χ0v) is 8.28. The fourth-order valence-electron chi connectivity index (χ4n) is 1.20. The van der Waals surface area contributed by atoms with E-state index >= 15 is 0 Å². The van der Waals surface area contributed by atoms with Crippen LogP contribution in [0, 0.1) is 0 Å². The second-order valence-corrected chi connectivity index (χ2v) is 3.20. The summed E-state index contributed by atoms with van der Waals surface area (Å²) in [5.74, 6) is 0.455. The topological polar surface area (TPSA) is 55.5 Å². The van der Waals surface area contributed by atoms with E-state index in [2.05, 4.69) is 0 Å². The molecule has 0 aliphatic carbocycles. The molecule has 84 valence electrons. The number of halogens is 2. The number of alkyl halides is 2. The average Bonchev–Trinajstić information content (AvgIpc) is 2.21. The predicted octanol–water partition coefficient (Wildman–Crippen LogP) is 1.54. The number of hydrogen-bond donors (Lipinski definition) is 2. The van der Waals surface area contributed by atoms with Gasteiger partial charge in [0.1, 0.15) is 11.5 Å². The molecule has 5 heteroatoms. The van der Waals surface area contributed by atoms with Crippen LogP contribution >= 0.6 is 0 Å². The Bertz CT molecular complexity index is 331. The Balaban J connectivity index is 2.83. The number of benzene rings is 1. The first kappa shape index (κ1) is 11.7. The predicted molar refractivity (Wildman–Crippen MR) is 52.3 cm³/mol. The first-order chi connectivity index (χ1) is 7.04. The van der Waals surface area contributed by atoms with E-state index in [4.69, 9.17) is 10.5 Å². The molecule has 0 saturated carbocycles. The minimum Gasteiger partial charge on any atom is -0.508 e. The van der Waals surface area contributed by atoms with Crippen LogP contribution in [0.2, 0.25) is 0 Å². The molecule has 1 aromatic rings. The Morgan fingerprint density at radius 2 is 2.13 bits per heavy atom. The number of ether oxygens (including phenoxy) is 1. The van der Waals surface area contributed by atoms with Gasteiger partial charge < -0.3 is 15.6 Å². The van der Waals surface area contributed by atoms with Gasteiger partial charge in [-0.1, -0.05) is 0 Å². The Morgan fingerprint density at radius 1 is 1.47 bits per heavy atom. The van der Waals surface area contributed by atoms with Crippen molar-refractivity contribution < 1.29 is 18.6 Å². The minimum absolute atomic E-state index is 0.0492. The minimum atomic E-state index is -2.60. The molecule has 0 fully saturated rings. The number of aromatic hydroxyl groups is 1. The number of methoxy groups -OCH3 is 1. The third kappa shape index (κ3) is 3.06. The van der Waals surface area contributed by atoms with Crippen molar-refractivity contribution in [1.82, 2.24) is 0 Å². The standard InChI is InChI=1S/C10H13F2NO2/c1-15-7-2-3-9(14)6(4-7)5-8(13)10(11)12/h2-4,8,10,14H,5,13H2,1H3. The third-order valence-corrected chi connectivity index (χ3v) is 2.07. The van der Waals surface area contributed by atoms with Gasteiger partial charge in [0.05, 0.1) is 13.2 Å². The SMILES string of the molecule is COc1ccc(O)c(CC(N)C(F)F)c1. The lowest BCUT2D eigenvalue weighted by atomic mass is 10.1. The molecule has 1 aromatic carbocycles. The Kier molecular flexibility index (Phi) is 3.85. The van der Waals surface area contributed by atoms with Gasteiger partial charge in [0, 0.05) is 0 Å². The second kappa shape index (κ2) is 4.93. The van der Waals surface area contributed by atoms with Gasteiger partial charge in [-0.3, -0.25) is 0 Å². The Morgan fingerprint density at radius 3 is 2.67 bits per heavy atom. The lowest BCUT2D eigenvalue weighted by Crippen LogP contribution is -2.30. The highest BCUT2D eigenvalue weighted by Gasteiger charge is 2.17. The summed E-state index contributed by atoms with van der Waals surface area (Å²) >= 11 is 0. The summed E-state index contributed by atoms with van der Waals surface area (Å²) in [4.78, 5) is 0. The summed E-state index contributed by atoms with van der Waals surface area (Å²) in [6, 6.07) is 3.17. The van der Waals surface area contributed by atoms with Gasteiger partial charge in [0.2, 0.25) is 0 Å². The van der Waals surface area contributed by atoms with Crippen LogP contribution in [0.4, 0.5) is 8.78 Å². The molecule has 15 heavy (non-hydrogen) atoms. The van der Waals surface area contributed by atoms with E-state index in [9.17, 15) is 13.9 Å². The van der Waals surface area contributed by atoms with Crippen LogP contribution in [0.15, 0.2) is 18.2 Å². The van der Waals surface area contributed by atoms with E-state index in [0.717, 1.165) is 0 Å². The monoisotopic (exact) mass is 217 g/mol. The average molecular weight is 217 g/mol. The molecule has 0 amide bonds. The molecule has 0 saturated heterocycles. The van der Waals surface area contributed by atoms with Gasteiger partial charge in [0.15, 0.2) is 0 Å². The van der Waals surface area contributed by atoms with Crippen molar-refractivity contribution in [3.63, 3.8) is 0 Å². The van der Waals surface area contributed by atoms with Crippen molar-refractivity contribution in [1.29, 1.82) is 0 Å². The molecule has 0 spiro atoms. The molecule has 0 bridgehead atoms. The van der Waals surface area contributed by atoms with E-state index in [-0.39, 0.29) is 12.2 Å². The molecule has 3 N–H and O–H groups in total. The normalized spacial score (nSPS) is 12.9. The van der Waals surface area contributed by atoms with Crippen LogP contribution in [-0.4, -0.2) is 24.7 Å². The Labute approximate surface area is 86.5 Å². The van der Waals surface area contributed by atoms with Crippen molar-refractivity contribution >= 4 is 0 Å². The molecule has 0 radical (unpaired) electrons. The summed E-state index contributed by atoms with van der Waals surface area (Å²) in [6.07, 6.45) is -2.68. The van der Waals surface area contributed by atoms with Crippen LogP contribution in [0.25, 0.3) is 0 Å². The molecule has 3 nitrogen and oxygen atoms in total. The lowest BCUT2D eigenvalue weighted by Gasteiger charge is -2.12. The quantitative estimate of drug-likeness (QED) is 0.804. The highest BCUT2D eigenvalue weighted by Crippen LogP contribution is 2.24. The van der Waals surface area contributed by atoms with Crippen molar-refractivity contribution in [2.75, 3.05) is 7.11 Å². The summed E-state index contributed by atoms with van der Waals surface area (Å²) < 4.78 is 29.3. The van der Waals surface area contributed by atoms with Crippen molar-refractivity contribution in [3.05, 3.63) is 23.8 Å². The largest absolute Gasteiger partial charge is 0.508 e. The van der Waals surface area contributed by atoms with Gasteiger partial charge in [-0.25, -0.2) is 8.78 Å². The molecule has 0 aliphatic heterocycles. The van der Waals surface area contributed by atoms with Gasteiger partial charge in [-0.05, 0) is 30.2 Å². The number of phenolic OH excluding ortho intramolecular Hbond substituents is 1. The summed E-state index contributed by atoms with van der Waals surface area (Å²) in [5.41, 5.74) is 5.57. The fraction of sp³-hybridized carbons (Fsp3) is 0.400. The van der Waals surface area contributed by atoms with Crippen LogP contribution in [0.3, 0.4) is 0 Å². The van der Waals surface area contributed by atoms with Crippen LogP contribution < -0.4 is 10.5 Å². The summed E-state index contributed by atoms with van der Waals surface area (Å²) in [7, 11) is 1.46. The maximum absolute atomic E-state index is 12.2. The first-order valence-electron chi connectivity index (χ1n) is 4.44. The van der Waals surface area contributed by atoms with Crippen LogP contribution in [0.1, 0.15) is 5.56 Å². The van der Waals surface area contributed by atoms with Gasteiger partial charge in [-0.15, -0.1) is 0 Å². The van der Waals surface area contributed by atoms with E-state index in [1.807, 2.05) is 0 Å². The van der Waals surface area contributed by atoms with Gasteiger partial charge >= 0.3 is 0 Å². The van der Waals surface area contributed by atoms with Crippen LogP contribution in [-0.2, 0) is 6.42 Å². The molecule has 0 aromatic heterocycles. The number of hydrogen-bond acceptors (Lipinski definition) is 3. The van der Waals surface area contributed by atoms with Gasteiger partial charge in [0.25, 0.3) is 6.43 Å². The van der Waals surface area contributed by atoms with Crippen molar-refractivity contribution in [2.45, 2.75) is 18.9 Å². The summed E-state index contributed by atoms with van der Waals surface area (Å²) in [5, 5.41) is 9.41. The summed E-state index contributed by atoms with van der Waals surface area (Å²) in [6.45, 7) is 0. The zero-order chi connectivity index (χ0) is 11.4. The smallest absolute Gasteiger partial charge is 0.253 e. The highest BCUT2D eigenvalue weighted by atomic mass is 19.3. The highest BCUT2D eigenvalue weighted by molar-refractivity contribution is 5.39. The lowest BCUT2D eigenvalue weighted by molar-refractivity contribution is 0.115. The molecular formula is C10H13F2NO2. The fourth-order valence-corrected chi connectivity index (χ4v) is 1.20. The van der Waals surface area contributed by atoms with Crippen LogP contribution in [0.5, 0.6) is 11.5 Å². The van der Waals surface area contributed by atoms with Crippen molar-refractivity contribution in [3.8, 4) is 11.5 Å². The number of nitrogens with two attached hydrogens (primary N) is 1. The number of phenols is 1. The molecule has 1 atom stereocenters. The van der Waals surface area contributed by atoms with E-state index in [0.29, 0.717) is 11.3 Å². The van der Waals surface area contributed by atoms with E-state index in [1.165, 1.54) is 19.2 Å². The molecule has 1 unspecified atom stereocenters. The Hall–Kier alpha value is -1.36. The maximum Gasteiger partial charge on any atom is 0.253 e. The van der Waals surface area contributed by atoms with Gasteiger partial charge in [-0.2, -0.15) is 0 Å². The molecule has 0 aliphatic rings. The van der Waals surface area contributed by atoms with Crippen molar-refractivity contribution in [2.24, 2.45) is 5.73 Å².